The molecule has 0 fully saturated rings. The van der Waals surface area contributed by atoms with E-state index in [-0.39, 0.29) is 0 Å². The van der Waals surface area contributed by atoms with E-state index in [4.69, 9.17) is 10.3 Å². The number of amides is 1. The molecule has 0 saturated carbocycles. The maximum Gasteiger partial charge on any atom is 0.405 e. The molecule has 0 aliphatic rings. The Morgan fingerprint density at radius 3 is 2.58 bits per heavy atom. The second-order valence-electron chi connectivity index (χ2n) is 2.95. The quantitative estimate of drug-likeness (QED) is 0.339. The molecule has 5 heteroatoms. The SMILES string of the molecule is CC(C)C[C@@H](C=NO)NC(=O)O. The molecule has 5 nitrogen and oxygen atoms in total. The lowest BCUT2D eigenvalue weighted by atomic mass is 10.1. The van der Waals surface area contributed by atoms with E-state index in [9.17, 15) is 4.79 Å². The molecular formula is C7H14N2O3. The highest BCUT2D eigenvalue weighted by atomic mass is 16.4. The maximum absolute atomic E-state index is 10.2. The summed E-state index contributed by atoms with van der Waals surface area (Å²) < 4.78 is 0. The van der Waals surface area contributed by atoms with Gasteiger partial charge in [-0.2, -0.15) is 0 Å². The second kappa shape index (κ2) is 5.40. The zero-order valence-electron chi connectivity index (χ0n) is 7.19. The van der Waals surface area contributed by atoms with E-state index < -0.39 is 12.1 Å². The Kier molecular flexibility index (Phi) is 4.83. The molecule has 0 aliphatic carbocycles. The normalized spacial score (nSPS) is 13.6. The van der Waals surface area contributed by atoms with Crippen LogP contribution in [0.25, 0.3) is 0 Å². The van der Waals surface area contributed by atoms with Crippen molar-refractivity contribution in [3.05, 3.63) is 0 Å². The second-order valence-corrected chi connectivity index (χ2v) is 2.95. The van der Waals surface area contributed by atoms with Gasteiger partial charge in [0.05, 0.1) is 12.3 Å². The number of nitrogens with zero attached hydrogens (tertiary/aromatic N) is 1. The lowest BCUT2D eigenvalue weighted by Gasteiger charge is -2.13. The van der Waals surface area contributed by atoms with Crippen LogP contribution in [0.1, 0.15) is 20.3 Å². The minimum atomic E-state index is -1.11. The van der Waals surface area contributed by atoms with Crippen molar-refractivity contribution in [1.29, 1.82) is 0 Å². The Hall–Kier alpha value is -1.26. The number of hydrogen-bond acceptors (Lipinski definition) is 3. The largest absolute Gasteiger partial charge is 0.465 e. The van der Waals surface area contributed by atoms with E-state index in [1.54, 1.807) is 0 Å². The third-order valence-electron chi connectivity index (χ3n) is 1.28. The van der Waals surface area contributed by atoms with Gasteiger partial charge in [0.25, 0.3) is 0 Å². The van der Waals surface area contributed by atoms with Gasteiger partial charge in [0.2, 0.25) is 0 Å². The van der Waals surface area contributed by atoms with E-state index >= 15 is 0 Å². The van der Waals surface area contributed by atoms with Crippen molar-refractivity contribution < 1.29 is 15.1 Å². The number of carbonyl (C=O) groups is 1. The van der Waals surface area contributed by atoms with E-state index in [0.717, 1.165) is 0 Å². The molecule has 12 heavy (non-hydrogen) atoms. The monoisotopic (exact) mass is 174 g/mol. The summed E-state index contributed by atoms with van der Waals surface area (Å²) in [6.07, 6.45) is 0.686. The fourth-order valence-corrected chi connectivity index (χ4v) is 0.904. The summed E-state index contributed by atoms with van der Waals surface area (Å²) in [6, 6.07) is -0.410. The summed E-state index contributed by atoms with van der Waals surface area (Å²) in [4.78, 5) is 10.2. The summed E-state index contributed by atoms with van der Waals surface area (Å²) in [7, 11) is 0. The lowest BCUT2D eigenvalue weighted by molar-refractivity contribution is 0.191. The van der Waals surface area contributed by atoms with Crippen LogP contribution in [0.2, 0.25) is 0 Å². The Labute approximate surface area is 71.1 Å². The number of carboxylic acid groups (broad SMARTS) is 1. The molecule has 0 aromatic carbocycles. The summed E-state index contributed by atoms with van der Waals surface area (Å²) >= 11 is 0. The first-order valence-electron chi connectivity index (χ1n) is 3.73. The highest BCUT2D eigenvalue weighted by Gasteiger charge is 2.10. The van der Waals surface area contributed by atoms with E-state index in [1.807, 2.05) is 13.8 Å². The molecule has 70 valence electrons. The van der Waals surface area contributed by atoms with Gasteiger partial charge in [-0.1, -0.05) is 19.0 Å². The lowest BCUT2D eigenvalue weighted by Crippen LogP contribution is -2.35. The van der Waals surface area contributed by atoms with Crippen molar-refractivity contribution >= 4 is 12.3 Å². The van der Waals surface area contributed by atoms with Gasteiger partial charge in [0.15, 0.2) is 0 Å². The van der Waals surface area contributed by atoms with E-state index in [1.165, 1.54) is 6.21 Å². The van der Waals surface area contributed by atoms with Crippen molar-refractivity contribution in [3.63, 3.8) is 0 Å². The van der Waals surface area contributed by atoms with Crippen molar-refractivity contribution in [3.8, 4) is 0 Å². The molecule has 0 heterocycles. The van der Waals surface area contributed by atoms with Crippen molar-refractivity contribution in [2.75, 3.05) is 0 Å². The van der Waals surface area contributed by atoms with Gasteiger partial charge in [-0.05, 0) is 12.3 Å². The summed E-state index contributed by atoms with van der Waals surface area (Å²) in [5.41, 5.74) is 0. The van der Waals surface area contributed by atoms with Gasteiger partial charge in [-0.25, -0.2) is 4.79 Å². The Bertz CT molecular complexity index is 168. The van der Waals surface area contributed by atoms with Gasteiger partial charge in [-0.3, -0.25) is 0 Å². The molecule has 0 aromatic rings. The van der Waals surface area contributed by atoms with Gasteiger partial charge in [0, 0.05) is 0 Å². The zero-order valence-corrected chi connectivity index (χ0v) is 7.19. The maximum atomic E-state index is 10.2. The van der Waals surface area contributed by atoms with Crippen LogP contribution in [0.3, 0.4) is 0 Å². The molecule has 0 saturated heterocycles. The first-order valence-corrected chi connectivity index (χ1v) is 3.73. The third-order valence-corrected chi connectivity index (χ3v) is 1.28. The van der Waals surface area contributed by atoms with Crippen LogP contribution in [0.5, 0.6) is 0 Å². The molecule has 0 aliphatic heterocycles. The van der Waals surface area contributed by atoms with Crippen LogP contribution >= 0.6 is 0 Å². The van der Waals surface area contributed by atoms with Crippen LogP contribution in [-0.2, 0) is 0 Å². The molecule has 0 radical (unpaired) electrons. The van der Waals surface area contributed by atoms with Crippen LogP contribution in [0.4, 0.5) is 4.79 Å². The first kappa shape index (κ1) is 10.7. The zero-order chi connectivity index (χ0) is 9.56. The predicted molar refractivity (Wildman–Crippen MR) is 44.7 cm³/mol. The summed E-state index contributed by atoms with van der Waals surface area (Å²) in [6.45, 7) is 3.92. The fraction of sp³-hybridized carbons (Fsp3) is 0.714. The van der Waals surface area contributed by atoms with Crippen LogP contribution in [0, 0.1) is 5.92 Å². The van der Waals surface area contributed by atoms with Gasteiger partial charge >= 0.3 is 6.09 Å². The molecule has 0 unspecified atom stereocenters. The average molecular weight is 174 g/mol. The van der Waals surface area contributed by atoms with E-state index in [2.05, 4.69) is 10.5 Å². The molecule has 0 rings (SSSR count). The van der Waals surface area contributed by atoms with Crippen LogP contribution < -0.4 is 5.32 Å². The number of nitrogens with one attached hydrogen (secondary N) is 1. The predicted octanol–water partition coefficient (Wildman–Crippen LogP) is 1.13. The third kappa shape index (κ3) is 5.52. The van der Waals surface area contributed by atoms with Gasteiger partial charge < -0.3 is 15.6 Å². The molecule has 0 aromatic heterocycles. The fourth-order valence-electron chi connectivity index (χ4n) is 0.904. The standard InChI is InChI=1S/C7H14N2O3/c1-5(2)3-6(4-8-12)9-7(10)11/h4-6,9,12H,3H2,1-2H3,(H,10,11)/t6-/m0/s1. The summed E-state index contributed by atoms with van der Waals surface area (Å²) in [5.74, 6) is 0.347. The number of rotatable bonds is 4. The highest BCUT2D eigenvalue weighted by molar-refractivity contribution is 5.73. The Morgan fingerprint density at radius 2 is 2.25 bits per heavy atom. The smallest absolute Gasteiger partial charge is 0.405 e. The molecule has 0 bridgehead atoms. The first-order chi connectivity index (χ1) is 5.56. The van der Waals surface area contributed by atoms with Crippen LogP contribution in [0.15, 0.2) is 5.16 Å². The summed E-state index contributed by atoms with van der Waals surface area (Å²) in [5, 5.41) is 21.6. The number of oxime groups is 1. The van der Waals surface area contributed by atoms with Crippen LogP contribution in [-0.4, -0.2) is 28.7 Å². The molecule has 1 atom stereocenters. The molecular weight excluding hydrogens is 160 g/mol. The van der Waals surface area contributed by atoms with E-state index in [0.29, 0.717) is 12.3 Å². The van der Waals surface area contributed by atoms with Crippen molar-refractivity contribution in [2.45, 2.75) is 26.3 Å². The Morgan fingerprint density at radius 1 is 1.67 bits per heavy atom. The topological polar surface area (TPSA) is 81.9 Å². The van der Waals surface area contributed by atoms with Crippen molar-refractivity contribution in [2.24, 2.45) is 11.1 Å². The minimum Gasteiger partial charge on any atom is -0.465 e. The van der Waals surface area contributed by atoms with Crippen molar-refractivity contribution in [1.82, 2.24) is 5.32 Å². The van der Waals surface area contributed by atoms with Gasteiger partial charge in [0.1, 0.15) is 0 Å². The molecule has 3 N–H and O–H groups in total. The Balaban J connectivity index is 3.95. The highest BCUT2D eigenvalue weighted by Crippen LogP contribution is 2.02. The molecule has 0 spiro atoms. The number of hydrogen-bond donors (Lipinski definition) is 3. The van der Waals surface area contributed by atoms with Gasteiger partial charge in [-0.15, -0.1) is 0 Å². The minimum absolute atomic E-state index is 0.347. The average Bonchev–Trinajstić information content (AvgIpc) is 1.84. The molecule has 1 amide bonds.